The molecule has 0 spiro atoms. The van der Waals surface area contributed by atoms with Crippen molar-refractivity contribution in [3.63, 3.8) is 0 Å². The summed E-state index contributed by atoms with van der Waals surface area (Å²) in [5.74, 6) is -1.02. The Labute approximate surface area is 116 Å². The van der Waals surface area contributed by atoms with Crippen LogP contribution in [-0.2, 0) is 3.07 Å². The fraction of sp³-hybridized carbons (Fsp3) is 0. The Kier molecular flexibility index (Phi) is 3.53. The van der Waals surface area contributed by atoms with Gasteiger partial charge in [-0.2, -0.15) is 0 Å². The van der Waals surface area contributed by atoms with Crippen molar-refractivity contribution in [2.24, 2.45) is 0 Å². The minimum Gasteiger partial charge on any atom is -0.478 e. The van der Waals surface area contributed by atoms with E-state index in [0.29, 0.717) is 3.57 Å². The molecule has 0 heterocycles. The molecule has 5 heteroatoms. The van der Waals surface area contributed by atoms with Crippen LogP contribution < -0.4 is 0 Å². The van der Waals surface area contributed by atoms with Crippen molar-refractivity contribution >= 4 is 60.5 Å². The zero-order valence-electron chi connectivity index (χ0n) is 7.91. The molecule has 0 saturated carbocycles. The number of aromatic carboxylic acids is 1. The first-order chi connectivity index (χ1) is 7.65. The molecule has 3 nitrogen and oxygen atoms in total. The van der Waals surface area contributed by atoms with Gasteiger partial charge in [0.2, 0.25) is 0 Å². The summed E-state index contributed by atoms with van der Waals surface area (Å²) in [4.78, 5) is 11.1. The number of benzene rings is 2. The van der Waals surface area contributed by atoms with Crippen molar-refractivity contribution in [2.75, 3.05) is 0 Å². The predicted octanol–water partition coefficient (Wildman–Crippen LogP) is 3.63. The maximum Gasteiger partial charge on any atom is 0.336 e. The van der Waals surface area contributed by atoms with Crippen LogP contribution in [0.3, 0.4) is 0 Å². The van der Waals surface area contributed by atoms with Crippen molar-refractivity contribution in [2.45, 2.75) is 0 Å². The van der Waals surface area contributed by atoms with Crippen LogP contribution in [0.1, 0.15) is 10.4 Å². The molecule has 0 atom stereocenters. The largest absolute Gasteiger partial charge is 0.478 e. The SMILES string of the molecule is O=Ic1c(C(=O)O)cc2ccccc2c1I. The van der Waals surface area contributed by atoms with Crippen LogP contribution in [0.2, 0.25) is 0 Å². The zero-order valence-corrected chi connectivity index (χ0v) is 12.2. The van der Waals surface area contributed by atoms with E-state index >= 15 is 0 Å². The second-order valence-electron chi connectivity index (χ2n) is 3.16. The number of hydrogen-bond acceptors (Lipinski definition) is 2. The van der Waals surface area contributed by atoms with Gasteiger partial charge in [0.25, 0.3) is 0 Å². The van der Waals surface area contributed by atoms with Gasteiger partial charge >= 0.3 is 5.97 Å². The predicted molar refractivity (Wildman–Crippen MR) is 77.0 cm³/mol. The lowest BCUT2D eigenvalue weighted by molar-refractivity contribution is 0.0696. The lowest BCUT2D eigenvalue weighted by Gasteiger charge is -2.06. The zero-order chi connectivity index (χ0) is 11.7. The molecule has 2 aromatic carbocycles. The van der Waals surface area contributed by atoms with Gasteiger partial charge in [-0.1, -0.05) is 24.3 Å². The maximum atomic E-state index is 11.2. The molecule has 0 aliphatic rings. The summed E-state index contributed by atoms with van der Waals surface area (Å²) in [6.07, 6.45) is 0. The van der Waals surface area contributed by atoms with Crippen LogP contribution in [-0.4, -0.2) is 11.1 Å². The highest BCUT2D eigenvalue weighted by Gasteiger charge is 2.16. The summed E-state index contributed by atoms with van der Waals surface area (Å²) in [5, 5.41) is 10.9. The van der Waals surface area contributed by atoms with Gasteiger partial charge in [0.05, 0.1) is 9.13 Å². The van der Waals surface area contributed by atoms with Crippen LogP contribution in [0.4, 0.5) is 0 Å². The van der Waals surface area contributed by atoms with Gasteiger partial charge in [-0.05, 0) is 39.4 Å². The smallest absolute Gasteiger partial charge is 0.336 e. The molecule has 0 aliphatic heterocycles. The highest BCUT2D eigenvalue weighted by atomic mass is 127. The van der Waals surface area contributed by atoms with E-state index in [1.165, 1.54) is 0 Å². The van der Waals surface area contributed by atoms with Crippen molar-refractivity contribution in [3.8, 4) is 0 Å². The Balaban J connectivity index is 2.92. The molecular formula is C11H6I2O3. The van der Waals surface area contributed by atoms with Crippen LogP contribution >= 0.6 is 43.8 Å². The van der Waals surface area contributed by atoms with E-state index in [0.717, 1.165) is 14.3 Å². The van der Waals surface area contributed by atoms with Crippen LogP contribution in [0, 0.1) is 7.14 Å². The molecule has 1 N–H and O–H groups in total. The third-order valence-corrected chi connectivity index (χ3v) is 5.95. The van der Waals surface area contributed by atoms with E-state index in [4.69, 9.17) is 5.11 Å². The molecular weight excluding hydrogens is 434 g/mol. The molecule has 0 fully saturated rings. The van der Waals surface area contributed by atoms with E-state index in [2.05, 4.69) is 22.6 Å². The molecule has 0 bridgehead atoms. The molecule has 0 amide bonds. The number of hydrogen-bond donors (Lipinski definition) is 1. The van der Waals surface area contributed by atoms with Crippen molar-refractivity contribution in [1.82, 2.24) is 0 Å². The van der Waals surface area contributed by atoms with E-state index in [1.54, 1.807) is 6.07 Å². The third-order valence-electron chi connectivity index (χ3n) is 2.23. The fourth-order valence-corrected chi connectivity index (χ4v) is 3.96. The molecule has 0 radical (unpaired) electrons. The van der Waals surface area contributed by atoms with Crippen molar-refractivity contribution < 1.29 is 13.0 Å². The number of carbonyl (C=O) groups is 1. The quantitative estimate of drug-likeness (QED) is 0.727. The number of fused-ring (bicyclic) bond motifs is 1. The lowest BCUT2D eigenvalue weighted by Crippen LogP contribution is -2.02. The second-order valence-corrected chi connectivity index (χ2v) is 5.75. The summed E-state index contributed by atoms with van der Waals surface area (Å²) in [5.41, 5.74) is 0.158. The minimum atomic E-state index is -1.48. The number of carboxylic acid groups (broad SMARTS) is 1. The monoisotopic (exact) mass is 440 g/mol. The first-order valence-corrected chi connectivity index (χ1v) is 7.40. The Bertz CT molecular complexity index is 593. The molecule has 0 saturated heterocycles. The Morgan fingerprint density at radius 2 is 2.00 bits per heavy atom. The van der Waals surface area contributed by atoms with E-state index in [9.17, 15) is 7.86 Å². The Hall–Kier alpha value is -0.570. The summed E-state index contributed by atoms with van der Waals surface area (Å²) < 4.78 is 12.4. The van der Waals surface area contributed by atoms with Gasteiger partial charge in [-0.15, -0.1) is 0 Å². The maximum absolute atomic E-state index is 11.2. The first kappa shape index (κ1) is 11.9. The van der Waals surface area contributed by atoms with Gasteiger partial charge in [0.15, 0.2) is 21.2 Å². The molecule has 0 aromatic heterocycles. The number of carboxylic acids is 1. The number of rotatable bonds is 2. The molecule has 2 rings (SSSR count). The highest BCUT2D eigenvalue weighted by molar-refractivity contribution is 14.2. The standard InChI is InChI=1S/C11H6I2O3/c12-9-7-4-2-1-3-6(7)5-8(11(14)15)10(9)13-16/h1-5H,(H,14,15). The molecule has 0 aliphatic carbocycles. The molecule has 16 heavy (non-hydrogen) atoms. The summed E-state index contributed by atoms with van der Waals surface area (Å²) in [7, 11) is 0. The van der Waals surface area contributed by atoms with Gasteiger partial charge < -0.3 is 5.11 Å². The lowest BCUT2D eigenvalue weighted by atomic mass is 10.1. The normalized spacial score (nSPS) is 10.6. The van der Waals surface area contributed by atoms with Gasteiger partial charge in [0, 0.05) is 3.57 Å². The highest BCUT2D eigenvalue weighted by Crippen LogP contribution is 2.30. The van der Waals surface area contributed by atoms with Crippen LogP contribution in [0.15, 0.2) is 30.3 Å². The Morgan fingerprint density at radius 1 is 1.31 bits per heavy atom. The van der Waals surface area contributed by atoms with Crippen molar-refractivity contribution in [1.29, 1.82) is 0 Å². The van der Waals surface area contributed by atoms with Gasteiger partial charge in [0.1, 0.15) is 0 Å². The van der Waals surface area contributed by atoms with E-state index in [-0.39, 0.29) is 5.56 Å². The first-order valence-electron chi connectivity index (χ1n) is 4.36. The Morgan fingerprint density at radius 3 is 2.62 bits per heavy atom. The summed E-state index contributed by atoms with van der Waals surface area (Å²) in [6, 6.07) is 9.10. The van der Waals surface area contributed by atoms with E-state index in [1.807, 2.05) is 24.3 Å². The summed E-state index contributed by atoms with van der Waals surface area (Å²) in [6.45, 7) is 0. The minimum absolute atomic E-state index is 0.158. The third kappa shape index (κ3) is 1.97. The average Bonchev–Trinajstić information content (AvgIpc) is 2.29. The number of halogens is 2. The van der Waals surface area contributed by atoms with Crippen LogP contribution in [0.25, 0.3) is 10.8 Å². The molecule has 82 valence electrons. The van der Waals surface area contributed by atoms with Crippen LogP contribution in [0.5, 0.6) is 0 Å². The fourth-order valence-electron chi connectivity index (χ4n) is 1.51. The topological polar surface area (TPSA) is 54.4 Å². The van der Waals surface area contributed by atoms with Gasteiger partial charge in [-0.25, -0.2) is 4.79 Å². The van der Waals surface area contributed by atoms with E-state index < -0.39 is 27.2 Å². The summed E-state index contributed by atoms with van der Waals surface area (Å²) >= 11 is 0.581. The second kappa shape index (κ2) is 4.74. The molecule has 2 aromatic rings. The van der Waals surface area contributed by atoms with Gasteiger partial charge in [-0.3, -0.25) is 3.07 Å². The molecule has 0 unspecified atom stereocenters. The average molecular weight is 440 g/mol. The van der Waals surface area contributed by atoms with Crippen molar-refractivity contribution in [3.05, 3.63) is 43.0 Å².